The second-order valence-electron chi connectivity index (χ2n) is 3.95. The van der Waals surface area contributed by atoms with Crippen LogP contribution in [0.3, 0.4) is 0 Å². The molecule has 0 amide bonds. The van der Waals surface area contributed by atoms with Crippen molar-refractivity contribution in [1.29, 1.82) is 0 Å². The van der Waals surface area contributed by atoms with Crippen molar-refractivity contribution in [3.8, 4) is 17.6 Å². The van der Waals surface area contributed by atoms with Crippen molar-refractivity contribution in [3.63, 3.8) is 0 Å². The lowest BCUT2D eigenvalue weighted by atomic mass is 10.2. The van der Waals surface area contributed by atoms with Gasteiger partial charge in [-0.3, -0.25) is 0 Å². The zero-order chi connectivity index (χ0) is 14.1. The summed E-state index contributed by atoms with van der Waals surface area (Å²) in [6, 6.07) is 4.70. The van der Waals surface area contributed by atoms with E-state index in [1.54, 1.807) is 12.1 Å². The number of alkyl halides is 1. The van der Waals surface area contributed by atoms with Crippen LogP contribution >= 0.6 is 11.6 Å². The molecule has 4 heteroatoms. The number of benzene rings is 1. The molecule has 1 aromatic carbocycles. The van der Waals surface area contributed by atoms with Crippen LogP contribution in [0.15, 0.2) is 18.2 Å². The molecule has 0 atom stereocenters. The summed E-state index contributed by atoms with van der Waals surface area (Å²) in [5.74, 6) is 5.64. The molecule has 0 saturated heterocycles. The Hall–Kier alpha value is -1.24. The first kappa shape index (κ1) is 15.8. The van der Waals surface area contributed by atoms with E-state index in [1.165, 1.54) is 6.07 Å². The molecule has 0 radical (unpaired) electrons. The van der Waals surface area contributed by atoms with Crippen molar-refractivity contribution < 1.29 is 9.13 Å². The molecular weight excluding hydrogens is 265 g/mol. The Morgan fingerprint density at radius 3 is 2.63 bits per heavy atom. The maximum absolute atomic E-state index is 13.7. The molecule has 19 heavy (non-hydrogen) atoms. The van der Waals surface area contributed by atoms with E-state index in [1.807, 2.05) is 0 Å². The molecule has 0 saturated carbocycles. The number of nitrogens with zero attached hydrogens (tertiary/aromatic N) is 1. The Bertz CT molecular complexity index is 449. The lowest BCUT2D eigenvalue weighted by Gasteiger charge is -2.18. The molecule has 0 aliphatic carbocycles. The Labute approximate surface area is 119 Å². The number of hydrogen-bond donors (Lipinski definition) is 0. The van der Waals surface area contributed by atoms with Crippen LogP contribution in [-0.4, -0.2) is 37.0 Å². The quantitative estimate of drug-likeness (QED) is 0.587. The SMILES string of the molecule is CCN(CC)CCOc1ccc(C#CCCl)c(F)c1. The van der Waals surface area contributed by atoms with Crippen LogP contribution < -0.4 is 4.74 Å². The van der Waals surface area contributed by atoms with E-state index < -0.39 is 0 Å². The second kappa shape index (κ2) is 8.79. The molecule has 104 valence electrons. The minimum Gasteiger partial charge on any atom is -0.492 e. The van der Waals surface area contributed by atoms with Crippen molar-refractivity contribution in [2.24, 2.45) is 0 Å². The summed E-state index contributed by atoms with van der Waals surface area (Å²) in [7, 11) is 0. The highest BCUT2D eigenvalue weighted by Crippen LogP contribution is 2.16. The highest BCUT2D eigenvalue weighted by molar-refractivity contribution is 6.19. The van der Waals surface area contributed by atoms with E-state index in [4.69, 9.17) is 16.3 Å². The molecule has 0 unspecified atom stereocenters. The number of hydrogen-bond acceptors (Lipinski definition) is 2. The summed E-state index contributed by atoms with van der Waals surface area (Å²) in [5, 5.41) is 0. The van der Waals surface area contributed by atoms with E-state index in [-0.39, 0.29) is 11.7 Å². The first-order chi connectivity index (χ1) is 9.21. The molecule has 0 aliphatic rings. The average Bonchev–Trinajstić information content (AvgIpc) is 2.43. The highest BCUT2D eigenvalue weighted by atomic mass is 35.5. The summed E-state index contributed by atoms with van der Waals surface area (Å²) in [5.41, 5.74) is 0.344. The number of ether oxygens (including phenoxy) is 1. The summed E-state index contributed by atoms with van der Waals surface area (Å²) >= 11 is 5.44. The smallest absolute Gasteiger partial charge is 0.142 e. The Morgan fingerprint density at radius 2 is 2.05 bits per heavy atom. The van der Waals surface area contributed by atoms with Gasteiger partial charge >= 0.3 is 0 Å². The van der Waals surface area contributed by atoms with Gasteiger partial charge in [-0.05, 0) is 25.2 Å². The Balaban J connectivity index is 2.54. The fourth-order valence-corrected chi connectivity index (χ4v) is 1.71. The van der Waals surface area contributed by atoms with Crippen molar-refractivity contribution in [2.75, 3.05) is 32.1 Å². The van der Waals surface area contributed by atoms with Gasteiger partial charge in [0.05, 0.1) is 11.4 Å². The second-order valence-corrected chi connectivity index (χ2v) is 4.22. The lowest BCUT2D eigenvalue weighted by molar-refractivity contribution is 0.222. The van der Waals surface area contributed by atoms with Crippen LogP contribution in [0.25, 0.3) is 0 Å². The van der Waals surface area contributed by atoms with Gasteiger partial charge in [0, 0.05) is 12.6 Å². The van der Waals surface area contributed by atoms with Gasteiger partial charge in [0.2, 0.25) is 0 Å². The Kier molecular flexibility index (Phi) is 7.32. The largest absolute Gasteiger partial charge is 0.492 e. The maximum Gasteiger partial charge on any atom is 0.142 e. The number of rotatable bonds is 6. The molecule has 1 aromatic rings. The molecule has 2 nitrogen and oxygen atoms in total. The van der Waals surface area contributed by atoms with Crippen LogP contribution in [-0.2, 0) is 0 Å². The minimum atomic E-state index is -0.377. The average molecular weight is 284 g/mol. The van der Waals surface area contributed by atoms with Crippen LogP contribution in [0.1, 0.15) is 19.4 Å². The Morgan fingerprint density at radius 1 is 1.32 bits per heavy atom. The summed E-state index contributed by atoms with van der Waals surface area (Å²) < 4.78 is 19.2. The van der Waals surface area contributed by atoms with Crippen molar-refractivity contribution in [1.82, 2.24) is 4.90 Å². The van der Waals surface area contributed by atoms with Crippen LogP contribution in [0.2, 0.25) is 0 Å². The topological polar surface area (TPSA) is 12.5 Å². The van der Waals surface area contributed by atoms with Gasteiger partial charge in [-0.1, -0.05) is 25.7 Å². The van der Waals surface area contributed by atoms with Crippen molar-refractivity contribution >= 4 is 11.6 Å². The molecule has 0 aromatic heterocycles. The molecule has 1 rings (SSSR count). The van der Waals surface area contributed by atoms with Crippen molar-refractivity contribution in [2.45, 2.75) is 13.8 Å². The number of halogens is 2. The number of likely N-dealkylation sites (N-methyl/N-ethyl adjacent to an activating group) is 1. The van der Waals surface area contributed by atoms with Gasteiger partial charge in [-0.15, -0.1) is 11.6 Å². The monoisotopic (exact) mass is 283 g/mol. The van der Waals surface area contributed by atoms with Crippen LogP contribution in [0.4, 0.5) is 4.39 Å². The third-order valence-electron chi connectivity index (χ3n) is 2.80. The zero-order valence-electron chi connectivity index (χ0n) is 11.4. The fourth-order valence-electron chi connectivity index (χ4n) is 1.65. The molecule has 0 heterocycles. The van der Waals surface area contributed by atoms with E-state index >= 15 is 0 Å². The molecule has 0 bridgehead atoms. The zero-order valence-corrected chi connectivity index (χ0v) is 12.1. The van der Waals surface area contributed by atoms with Gasteiger partial charge < -0.3 is 9.64 Å². The molecule has 0 spiro atoms. The fraction of sp³-hybridized carbons (Fsp3) is 0.467. The highest BCUT2D eigenvalue weighted by Gasteiger charge is 2.03. The minimum absolute atomic E-state index is 0.196. The van der Waals surface area contributed by atoms with E-state index in [0.717, 1.165) is 19.6 Å². The molecular formula is C15H19ClFNO. The molecule has 0 aliphatic heterocycles. The third-order valence-corrected chi connectivity index (χ3v) is 2.93. The predicted octanol–water partition coefficient (Wildman–Crippen LogP) is 3.14. The van der Waals surface area contributed by atoms with Crippen molar-refractivity contribution in [3.05, 3.63) is 29.6 Å². The van der Waals surface area contributed by atoms with E-state index in [2.05, 4.69) is 30.6 Å². The van der Waals surface area contributed by atoms with Crippen LogP contribution in [0, 0.1) is 17.7 Å². The van der Waals surface area contributed by atoms with Gasteiger partial charge in [0.1, 0.15) is 18.2 Å². The first-order valence-electron chi connectivity index (χ1n) is 6.40. The summed E-state index contributed by atoms with van der Waals surface area (Å²) in [4.78, 5) is 2.25. The third kappa shape index (κ3) is 5.50. The first-order valence-corrected chi connectivity index (χ1v) is 6.94. The van der Waals surface area contributed by atoms with Crippen LogP contribution in [0.5, 0.6) is 5.75 Å². The predicted molar refractivity (Wildman–Crippen MR) is 77.3 cm³/mol. The van der Waals surface area contributed by atoms with E-state index in [9.17, 15) is 4.39 Å². The summed E-state index contributed by atoms with van der Waals surface area (Å²) in [6.45, 7) is 7.57. The summed E-state index contributed by atoms with van der Waals surface area (Å²) in [6.07, 6.45) is 0. The van der Waals surface area contributed by atoms with Gasteiger partial charge in [0.25, 0.3) is 0 Å². The standard InChI is InChI=1S/C15H19ClFNO/c1-3-18(4-2)10-11-19-14-8-7-13(6-5-9-16)15(17)12-14/h7-8,12H,3-4,9-11H2,1-2H3. The van der Waals surface area contributed by atoms with Gasteiger partial charge in [-0.25, -0.2) is 4.39 Å². The van der Waals surface area contributed by atoms with Gasteiger partial charge in [-0.2, -0.15) is 0 Å². The lowest BCUT2D eigenvalue weighted by Crippen LogP contribution is -2.27. The normalized spacial score (nSPS) is 10.2. The van der Waals surface area contributed by atoms with E-state index in [0.29, 0.717) is 17.9 Å². The maximum atomic E-state index is 13.7. The molecule has 0 N–H and O–H groups in total. The van der Waals surface area contributed by atoms with Gasteiger partial charge in [0.15, 0.2) is 0 Å². The molecule has 0 fully saturated rings.